The van der Waals surface area contributed by atoms with Crippen molar-refractivity contribution in [2.75, 3.05) is 14.2 Å². The minimum Gasteiger partial charge on any atom is -0.496 e. The van der Waals surface area contributed by atoms with E-state index in [9.17, 15) is 0 Å². The maximum absolute atomic E-state index is 5.43. The van der Waals surface area contributed by atoms with Crippen molar-refractivity contribution in [2.45, 2.75) is 12.5 Å². The van der Waals surface area contributed by atoms with Crippen molar-refractivity contribution < 1.29 is 4.74 Å². The van der Waals surface area contributed by atoms with Gasteiger partial charge in [-0.15, -0.1) is 0 Å². The molecule has 0 aliphatic carbocycles. The molecule has 0 spiro atoms. The highest BCUT2D eigenvalue weighted by Crippen LogP contribution is 2.31. The molecule has 106 valence electrons. The van der Waals surface area contributed by atoms with Crippen LogP contribution in [0.3, 0.4) is 0 Å². The first-order valence-corrected chi connectivity index (χ1v) is 7.98. The Balaban J connectivity index is 2.31. The number of methoxy groups -OCH3 is 1. The second kappa shape index (κ2) is 7.25. The smallest absolute Gasteiger partial charge is 0.122 e. The summed E-state index contributed by atoms with van der Waals surface area (Å²) in [7, 11) is 3.69. The summed E-state index contributed by atoms with van der Waals surface area (Å²) in [4.78, 5) is 0. The molecule has 2 aromatic rings. The minimum atomic E-state index is 0.221. The summed E-state index contributed by atoms with van der Waals surface area (Å²) in [6.07, 6.45) is 0.871. The fourth-order valence-electron chi connectivity index (χ4n) is 2.24. The molecular weight excluding hydrogens is 382 g/mol. The van der Waals surface area contributed by atoms with Crippen molar-refractivity contribution in [3.8, 4) is 5.75 Å². The van der Waals surface area contributed by atoms with Crippen LogP contribution < -0.4 is 10.1 Å². The lowest BCUT2D eigenvalue weighted by atomic mass is 9.98. The number of halogens is 2. The van der Waals surface area contributed by atoms with Crippen LogP contribution in [0.25, 0.3) is 0 Å². The van der Waals surface area contributed by atoms with E-state index in [0.29, 0.717) is 0 Å². The summed E-state index contributed by atoms with van der Waals surface area (Å²) < 4.78 is 7.62. The van der Waals surface area contributed by atoms with Gasteiger partial charge < -0.3 is 10.1 Å². The first kappa shape index (κ1) is 15.5. The number of rotatable bonds is 5. The van der Waals surface area contributed by atoms with Crippen molar-refractivity contribution in [1.82, 2.24) is 5.32 Å². The van der Waals surface area contributed by atoms with E-state index in [1.165, 1.54) is 11.1 Å². The highest BCUT2D eigenvalue weighted by Gasteiger charge is 2.15. The quantitative estimate of drug-likeness (QED) is 0.786. The molecule has 1 N–H and O–H groups in total. The van der Waals surface area contributed by atoms with Crippen LogP contribution in [0.5, 0.6) is 5.75 Å². The average molecular weight is 399 g/mol. The molecule has 0 radical (unpaired) electrons. The Bertz CT molecular complexity index is 586. The van der Waals surface area contributed by atoms with E-state index in [2.05, 4.69) is 55.4 Å². The molecule has 0 bridgehead atoms. The fraction of sp³-hybridized carbons (Fsp3) is 0.250. The summed E-state index contributed by atoms with van der Waals surface area (Å²) in [5.41, 5.74) is 2.43. The van der Waals surface area contributed by atoms with Crippen LogP contribution in [0.1, 0.15) is 17.2 Å². The van der Waals surface area contributed by atoms with Crippen molar-refractivity contribution in [3.63, 3.8) is 0 Å². The fourth-order valence-corrected chi connectivity index (χ4v) is 3.14. The molecule has 1 unspecified atom stereocenters. The zero-order valence-electron chi connectivity index (χ0n) is 11.5. The number of ether oxygens (including phenoxy) is 1. The van der Waals surface area contributed by atoms with Crippen LogP contribution in [-0.4, -0.2) is 14.2 Å². The van der Waals surface area contributed by atoms with Gasteiger partial charge >= 0.3 is 0 Å². The highest BCUT2D eigenvalue weighted by atomic mass is 79.9. The third-order valence-electron chi connectivity index (χ3n) is 3.30. The van der Waals surface area contributed by atoms with Gasteiger partial charge in [0.1, 0.15) is 5.75 Å². The van der Waals surface area contributed by atoms with Crippen LogP contribution in [-0.2, 0) is 6.42 Å². The normalized spacial score (nSPS) is 12.2. The molecule has 0 aliphatic rings. The lowest BCUT2D eigenvalue weighted by Gasteiger charge is -2.20. The molecule has 0 saturated carbocycles. The van der Waals surface area contributed by atoms with Gasteiger partial charge in [0.2, 0.25) is 0 Å². The number of likely N-dealkylation sites (N-methyl/N-ethyl adjacent to an activating group) is 1. The van der Waals surface area contributed by atoms with Crippen molar-refractivity contribution in [1.29, 1.82) is 0 Å². The molecule has 1 atom stereocenters. The Kier molecular flexibility index (Phi) is 5.64. The molecule has 20 heavy (non-hydrogen) atoms. The maximum atomic E-state index is 5.43. The second-order valence-corrected chi connectivity index (χ2v) is 6.29. The standard InChI is InChI=1S/C16H17Br2NO/c1-19-15(13-10-12(17)7-8-14(13)18)9-11-5-3-4-6-16(11)20-2/h3-8,10,15,19H,9H2,1-2H3. The van der Waals surface area contributed by atoms with Crippen LogP contribution in [0.15, 0.2) is 51.4 Å². The van der Waals surface area contributed by atoms with Gasteiger partial charge in [-0.1, -0.05) is 50.1 Å². The predicted octanol–water partition coefficient (Wildman–Crippen LogP) is 4.72. The Morgan fingerprint density at radius 1 is 1.15 bits per heavy atom. The Labute approximate surface area is 136 Å². The Morgan fingerprint density at radius 2 is 1.90 bits per heavy atom. The molecule has 0 aliphatic heterocycles. The largest absolute Gasteiger partial charge is 0.496 e. The number of benzene rings is 2. The van der Waals surface area contributed by atoms with E-state index in [0.717, 1.165) is 21.1 Å². The first-order valence-electron chi connectivity index (χ1n) is 6.39. The Hall–Kier alpha value is -0.840. The van der Waals surface area contributed by atoms with Gasteiger partial charge in [0.25, 0.3) is 0 Å². The molecule has 4 heteroatoms. The van der Waals surface area contributed by atoms with Gasteiger partial charge in [-0.25, -0.2) is 0 Å². The number of hydrogen-bond acceptors (Lipinski definition) is 2. The zero-order valence-corrected chi connectivity index (χ0v) is 14.7. The van der Waals surface area contributed by atoms with Crippen molar-refractivity contribution in [2.24, 2.45) is 0 Å². The molecular formula is C16H17Br2NO. The van der Waals surface area contributed by atoms with Crippen molar-refractivity contribution in [3.05, 3.63) is 62.5 Å². The van der Waals surface area contributed by atoms with Gasteiger partial charge in [-0.05, 0) is 48.9 Å². The van der Waals surface area contributed by atoms with E-state index in [-0.39, 0.29) is 6.04 Å². The van der Waals surface area contributed by atoms with Crippen LogP contribution >= 0.6 is 31.9 Å². The first-order chi connectivity index (χ1) is 9.65. The van der Waals surface area contributed by atoms with E-state index in [1.807, 2.05) is 31.3 Å². The molecule has 0 aromatic heterocycles. The summed E-state index contributed by atoms with van der Waals surface area (Å²) in [5, 5.41) is 3.38. The van der Waals surface area contributed by atoms with Crippen LogP contribution in [0.4, 0.5) is 0 Å². The predicted molar refractivity (Wildman–Crippen MR) is 90.3 cm³/mol. The maximum Gasteiger partial charge on any atom is 0.122 e. The summed E-state index contributed by atoms with van der Waals surface area (Å²) in [6.45, 7) is 0. The van der Waals surface area contributed by atoms with Crippen molar-refractivity contribution >= 4 is 31.9 Å². The highest BCUT2D eigenvalue weighted by molar-refractivity contribution is 9.11. The minimum absolute atomic E-state index is 0.221. The molecule has 2 aromatic carbocycles. The molecule has 0 heterocycles. The molecule has 2 rings (SSSR count). The third kappa shape index (κ3) is 3.62. The molecule has 0 amide bonds. The topological polar surface area (TPSA) is 21.3 Å². The van der Waals surface area contributed by atoms with E-state index in [1.54, 1.807) is 7.11 Å². The van der Waals surface area contributed by atoms with Gasteiger partial charge in [-0.2, -0.15) is 0 Å². The summed E-state index contributed by atoms with van der Waals surface area (Å²) >= 11 is 7.16. The SMILES string of the molecule is CNC(Cc1ccccc1OC)c1cc(Br)ccc1Br. The Morgan fingerprint density at radius 3 is 2.60 bits per heavy atom. The van der Waals surface area contributed by atoms with Gasteiger partial charge in [-0.3, -0.25) is 0 Å². The lowest BCUT2D eigenvalue weighted by Crippen LogP contribution is -2.19. The van der Waals surface area contributed by atoms with E-state index in [4.69, 9.17) is 4.74 Å². The van der Waals surface area contributed by atoms with Gasteiger partial charge in [0.15, 0.2) is 0 Å². The van der Waals surface area contributed by atoms with Gasteiger partial charge in [0.05, 0.1) is 7.11 Å². The summed E-state index contributed by atoms with van der Waals surface area (Å²) in [5.74, 6) is 0.930. The monoisotopic (exact) mass is 397 g/mol. The molecule has 0 fully saturated rings. The molecule has 2 nitrogen and oxygen atoms in total. The van der Waals surface area contributed by atoms with E-state index < -0.39 is 0 Å². The van der Waals surface area contributed by atoms with E-state index >= 15 is 0 Å². The average Bonchev–Trinajstić information content (AvgIpc) is 2.48. The molecule has 0 saturated heterocycles. The number of para-hydroxylation sites is 1. The number of hydrogen-bond donors (Lipinski definition) is 1. The number of nitrogens with one attached hydrogen (secondary N) is 1. The summed E-state index contributed by atoms with van der Waals surface area (Å²) in [6, 6.07) is 14.6. The third-order valence-corrected chi connectivity index (χ3v) is 4.51. The zero-order chi connectivity index (χ0) is 14.5. The van der Waals surface area contributed by atoms with Gasteiger partial charge in [0, 0.05) is 15.0 Å². The lowest BCUT2D eigenvalue weighted by molar-refractivity contribution is 0.406. The van der Waals surface area contributed by atoms with Crippen LogP contribution in [0, 0.1) is 0 Å². The second-order valence-electron chi connectivity index (χ2n) is 4.52. The van der Waals surface area contributed by atoms with Crippen LogP contribution in [0.2, 0.25) is 0 Å².